The van der Waals surface area contributed by atoms with E-state index in [4.69, 9.17) is 0 Å². The molecule has 0 saturated carbocycles. The fraction of sp³-hybridized carbons (Fsp3) is 0.684. The van der Waals surface area contributed by atoms with Crippen LogP contribution in [0.25, 0.3) is 0 Å². The average molecular weight is 305 g/mol. The van der Waals surface area contributed by atoms with E-state index in [1.54, 1.807) is 12.1 Å². The van der Waals surface area contributed by atoms with Gasteiger partial charge in [-0.05, 0) is 42.6 Å². The van der Waals surface area contributed by atoms with Crippen molar-refractivity contribution in [1.29, 1.82) is 0 Å². The van der Waals surface area contributed by atoms with Crippen LogP contribution in [0.15, 0.2) is 12.1 Å². The quantitative estimate of drug-likeness (QED) is 0.453. The van der Waals surface area contributed by atoms with Gasteiger partial charge in [-0.3, -0.25) is 0 Å². The highest BCUT2D eigenvalue weighted by atomic mass is 16.3. The number of aromatic hydroxyl groups is 2. The molecular weight excluding hydrogens is 274 g/mol. The van der Waals surface area contributed by atoms with Crippen molar-refractivity contribution in [2.24, 2.45) is 0 Å². The van der Waals surface area contributed by atoms with Crippen LogP contribution in [-0.4, -0.2) is 16.8 Å². The van der Waals surface area contributed by atoms with Gasteiger partial charge in [0.05, 0.1) is 0 Å². The van der Waals surface area contributed by atoms with E-state index in [-0.39, 0.29) is 11.5 Å². The van der Waals surface area contributed by atoms with Gasteiger partial charge in [0.15, 0.2) is 11.5 Å². The molecule has 1 aliphatic rings. The van der Waals surface area contributed by atoms with Crippen LogP contribution in [-0.2, 0) is 6.42 Å². The predicted molar refractivity (Wildman–Crippen MR) is 91.4 cm³/mol. The summed E-state index contributed by atoms with van der Waals surface area (Å²) in [4.78, 5) is 0. The molecule has 0 spiro atoms. The Bertz CT molecular complexity index is 459. The summed E-state index contributed by atoms with van der Waals surface area (Å²) in [5, 5.41) is 22.9. The van der Waals surface area contributed by atoms with Crippen molar-refractivity contribution in [2.45, 2.75) is 77.2 Å². The first-order valence-electron chi connectivity index (χ1n) is 9.00. The lowest BCUT2D eigenvalue weighted by Crippen LogP contribution is -2.29. The van der Waals surface area contributed by atoms with E-state index in [1.807, 2.05) is 0 Å². The number of benzene rings is 1. The van der Waals surface area contributed by atoms with Crippen LogP contribution in [0.1, 0.15) is 81.9 Å². The molecule has 0 fully saturated rings. The summed E-state index contributed by atoms with van der Waals surface area (Å²) in [7, 11) is 0. The topological polar surface area (TPSA) is 52.5 Å². The Morgan fingerprint density at radius 1 is 0.955 bits per heavy atom. The zero-order valence-electron chi connectivity index (χ0n) is 13.9. The monoisotopic (exact) mass is 305 g/mol. The number of hydrogen-bond acceptors (Lipinski definition) is 3. The molecule has 3 heteroatoms. The zero-order valence-corrected chi connectivity index (χ0v) is 13.9. The van der Waals surface area contributed by atoms with Gasteiger partial charge >= 0.3 is 0 Å². The van der Waals surface area contributed by atoms with Gasteiger partial charge in [-0.15, -0.1) is 0 Å². The lowest BCUT2D eigenvalue weighted by Gasteiger charge is -2.27. The van der Waals surface area contributed by atoms with E-state index in [0.29, 0.717) is 6.04 Å². The van der Waals surface area contributed by atoms with Gasteiger partial charge in [0.1, 0.15) is 0 Å². The van der Waals surface area contributed by atoms with Crippen LogP contribution in [0.3, 0.4) is 0 Å². The molecule has 1 aromatic rings. The minimum atomic E-state index is 0.00312. The number of unbranched alkanes of at least 4 members (excludes halogenated alkanes) is 7. The van der Waals surface area contributed by atoms with E-state index < -0.39 is 0 Å². The van der Waals surface area contributed by atoms with Crippen molar-refractivity contribution in [3.05, 3.63) is 23.3 Å². The largest absolute Gasteiger partial charge is 0.504 e. The van der Waals surface area contributed by atoms with Crippen molar-refractivity contribution in [1.82, 2.24) is 5.32 Å². The number of hydrogen-bond donors (Lipinski definition) is 3. The van der Waals surface area contributed by atoms with Crippen molar-refractivity contribution >= 4 is 0 Å². The summed E-state index contributed by atoms with van der Waals surface area (Å²) < 4.78 is 0. The molecule has 3 N–H and O–H groups in total. The number of phenolic OH excluding ortho intramolecular Hbond substituents is 2. The Balaban J connectivity index is 1.72. The maximum Gasteiger partial charge on any atom is 0.157 e. The van der Waals surface area contributed by atoms with E-state index in [1.165, 1.54) is 62.5 Å². The fourth-order valence-corrected chi connectivity index (χ4v) is 3.41. The molecule has 0 aliphatic carbocycles. The molecule has 0 saturated heterocycles. The lowest BCUT2D eigenvalue weighted by molar-refractivity contribution is 0.395. The Kier molecular flexibility index (Phi) is 7.04. The molecule has 3 nitrogen and oxygen atoms in total. The van der Waals surface area contributed by atoms with E-state index in [0.717, 1.165) is 19.4 Å². The molecule has 0 radical (unpaired) electrons. The molecule has 2 rings (SSSR count). The third-order valence-electron chi connectivity index (χ3n) is 4.74. The molecule has 0 bridgehead atoms. The second kappa shape index (κ2) is 9.04. The van der Waals surface area contributed by atoms with Crippen molar-refractivity contribution < 1.29 is 10.2 Å². The van der Waals surface area contributed by atoms with Gasteiger partial charge in [0.25, 0.3) is 0 Å². The first kappa shape index (κ1) is 17.1. The Morgan fingerprint density at radius 2 is 1.59 bits per heavy atom. The summed E-state index contributed by atoms with van der Waals surface area (Å²) in [5.74, 6) is 0.00912. The third kappa shape index (κ3) is 4.91. The SMILES string of the molecule is CCCCCCCCCCC1NCCc2cc(O)c(O)cc21. The molecule has 1 unspecified atom stereocenters. The number of fused-ring (bicyclic) bond motifs is 1. The van der Waals surface area contributed by atoms with Crippen LogP contribution in [0.4, 0.5) is 0 Å². The van der Waals surface area contributed by atoms with Crippen molar-refractivity contribution in [2.75, 3.05) is 6.54 Å². The summed E-state index contributed by atoms with van der Waals surface area (Å²) in [6, 6.07) is 3.80. The van der Waals surface area contributed by atoms with Gasteiger partial charge in [-0.2, -0.15) is 0 Å². The van der Waals surface area contributed by atoms with Crippen LogP contribution in [0.2, 0.25) is 0 Å². The number of rotatable bonds is 9. The predicted octanol–water partition coefficient (Wildman–Crippen LogP) is 4.82. The third-order valence-corrected chi connectivity index (χ3v) is 4.74. The second-order valence-electron chi connectivity index (χ2n) is 6.56. The lowest BCUT2D eigenvalue weighted by atomic mass is 9.90. The van der Waals surface area contributed by atoms with E-state index in [9.17, 15) is 10.2 Å². The molecule has 124 valence electrons. The molecule has 1 atom stereocenters. The maximum atomic E-state index is 9.73. The first-order valence-corrected chi connectivity index (χ1v) is 9.00. The molecule has 1 heterocycles. The van der Waals surface area contributed by atoms with Crippen molar-refractivity contribution in [3.8, 4) is 11.5 Å². The second-order valence-corrected chi connectivity index (χ2v) is 6.56. The van der Waals surface area contributed by atoms with Crippen LogP contribution < -0.4 is 5.32 Å². The van der Waals surface area contributed by atoms with Gasteiger partial charge in [0.2, 0.25) is 0 Å². The Morgan fingerprint density at radius 3 is 2.32 bits per heavy atom. The number of nitrogens with one attached hydrogen (secondary N) is 1. The highest BCUT2D eigenvalue weighted by molar-refractivity contribution is 5.47. The van der Waals surface area contributed by atoms with Crippen LogP contribution >= 0.6 is 0 Å². The van der Waals surface area contributed by atoms with Gasteiger partial charge in [0, 0.05) is 6.04 Å². The minimum Gasteiger partial charge on any atom is -0.504 e. The highest BCUT2D eigenvalue weighted by Crippen LogP contribution is 2.35. The molecule has 1 aliphatic heterocycles. The summed E-state index contributed by atoms with van der Waals surface area (Å²) in [6.07, 6.45) is 12.7. The summed E-state index contributed by atoms with van der Waals surface area (Å²) in [6.45, 7) is 3.21. The summed E-state index contributed by atoms with van der Waals surface area (Å²) >= 11 is 0. The molecule has 1 aromatic carbocycles. The first-order chi connectivity index (χ1) is 10.7. The van der Waals surface area contributed by atoms with E-state index >= 15 is 0 Å². The highest BCUT2D eigenvalue weighted by Gasteiger charge is 2.21. The van der Waals surface area contributed by atoms with Gasteiger partial charge in [-0.25, -0.2) is 0 Å². The van der Waals surface area contributed by atoms with Crippen LogP contribution in [0, 0.1) is 0 Å². The maximum absolute atomic E-state index is 9.73. The standard InChI is InChI=1S/C19H31NO2/c1-2-3-4-5-6-7-8-9-10-17-16-14-19(22)18(21)13-15(16)11-12-20-17/h13-14,17,20-22H,2-12H2,1H3. The van der Waals surface area contributed by atoms with Crippen molar-refractivity contribution in [3.63, 3.8) is 0 Å². The average Bonchev–Trinajstić information content (AvgIpc) is 2.51. The van der Waals surface area contributed by atoms with Gasteiger partial charge < -0.3 is 15.5 Å². The number of phenols is 2. The fourth-order valence-electron chi connectivity index (χ4n) is 3.41. The molecule has 22 heavy (non-hydrogen) atoms. The molecular formula is C19H31NO2. The molecule has 0 amide bonds. The normalized spacial score (nSPS) is 17.4. The minimum absolute atomic E-state index is 0.00312. The zero-order chi connectivity index (χ0) is 15.8. The molecule has 0 aromatic heterocycles. The van der Waals surface area contributed by atoms with Gasteiger partial charge in [-0.1, -0.05) is 58.3 Å². The smallest absolute Gasteiger partial charge is 0.157 e. The summed E-state index contributed by atoms with van der Waals surface area (Å²) in [5.41, 5.74) is 2.35. The Hall–Kier alpha value is -1.22. The Labute approximate surface area is 134 Å². The van der Waals surface area contributed by atoms with Crippen LogP contribution in [0.5, 0.6) is 11.5 Å². The van der Waals surface area contributed by atoms with E-state index in [2.05, 4.69) is 12.2 Å².